The molecule has 102 valence electrons. The van der Waals surface area contributed by atoms with Crippen molar-refractivity contribution in [3.8, 4) is 0 Å². The van der Waals surface area contributed by atoms with E-state index >= 15 is 0 Å². The Morgan fingerprint density at radius 3 is 2.72 bits per heavy atom. The average molecular weight is 252 g/mol. The van der Waals surface area contributed by atoms with Gasteiger partial charge in [0.1, 0.15) is 5.54 Å². The molecule has 4 nitrogen and oxygen atoms in total. The highest BCUT2D eigenvalue weighted by atomic mass is 16.5. The van der Waals surface area contributed by atoms with E-state index in [0.717, 1.165) is 24.9 Å². The summed E-state index contributed by atoms with van der Waals surface area (Å²) in [5, 5.41) is 0. The summed E-state index contributed by atoms with van der Waals surface area (Å²) < 4.78 is 5.31. The molecule has 2 N–H and O–H groups in total. The Morgan fingerprint density at radius 1 is 1.22 bits per heavy atom. The van der Waals surface area contributed by atoms with Crippen molar-refractivity contribution in [1.82, 2.24) is 4.90 Å². The predicted molar refractivity (Wildman–Crippen MR) is 69.0 cm³/mol. The van der Waals surface area contributed by atoms with Crippen molar-refractivity contribution in [2.24, 2.45) is 17.6 Å². The van der Waals surface area contributed by atoms with E-state index in [9.17, 15) is 4.79 Å². The van der Waals surface area contributed by atoms with Gasteiger partial charge in [0, 0.05) is 19.7 Å². The van der Waals surface area contributed by atoms with Crippen molar-refractivity contribution in [2.75, 3.05) is 26.3 Å². The first-order valence-corrected chi connectivity index (χ1v) is 7.35. The zero-order valence-corrected chi connectivity index (χ0v) is 11.1. The van der Waals surface area contributed by atoms with Gasteiger partial charge in [-0.25, -0.2) is 0 Å². The van der Waals surface area contributed by atoms with Gasteiger partial charge >= 0.3 is 0 Å². The number of rotatable bonds is 1. The highest BCUT2D eigenvalue weighted by molar-refractivity contribution is 5.86. The molecule has 4 heteroatoms. The van der Waals surface area contributed by atoms with Crippen LogP contribution in [0, 0.1) is 11.8 Å². The molecular weight excluding hydrogens is 228 g/mol. The number of amides is 1. The van der Waals surface area contributed by atoms with Gasteiger partial charge in [0.2, 0.25) is 5.91 Å². The molecular formula is C14H24N2O2. The molecule has 3 aliphatic rings. The molecule has 3 atom stereocenters. The number of likely N-dealkylation sites (tertiary alicyclic amines) is 1. The number of hydrogen-bond acceptors (Lipinski definition) is 3. The van der Waals surface area contributed by atoms with E-state index in [0.29, 0.717) is 19.6 Å². The summed E-state index contributed by atoms with van der Waals surface area (Å²) in [6.45, 7) is 2.86. The summed E-state index contributed by atoms with van der Waals surface area (Å²) in [5.41, 5.74) is 5.45. The lowest BCUT2D eigenvalue weighted by atomic mass is 9.75. The third kappa shape index (κ3) is 2.16. The van der Waals surface area contributed by atoms with E-state index in [1.54, 1.807) is 0 Å². The van der Waals surface area contributed by atoms with Crippen molar-refractivity contribution < 1.29 is 9.53 Å². The van der Waals surface area contributed by atoms with E-state index in [1.165, 1.54) is 32.1 Å². The summed E-state index contributed by atoms with van der Waals surface area (Å²) >= 11 is 0. The maximum atomic E-state index is 12.5. The fourth-order valence-corrected chi connectivity index (χ4v) is 3.85. The van der Waals surface area contributed by atoms with Crippen LogP contribution in [0.5, 0.6) is 0 Å². The zero-order valence-electron chi connectivity index (χ0n) is 11.1. The molecule has 0 aromatic heterocycles. The third-order valence-corrected chi connectivity index (χ3v) is 5.06. The Labute approximate surface area is 109 Å². The second-order valence-corrected chi connectivity index (χ2v) is 6.30. The highest BCUT2D eigenvalue weighted by Crippen LogP contribution is 2.36. The molecule has 18 heavy (non-hydrogen) atoms. The van der Waals surface area contributed by atoms with E-state index in [1.807, 2.05) is 4.90 Å². The number of nitrogens with two attached hydrogens (primary N) is 1. The minimum Gasteiger partial charge on any atom is -0.379 e. The summed E-state index contributed by atoms with van der Waals surface area (Å²) in [6, 6.07) is 0. The molecule has 0 bridgehead atoms. The van der Waals surface area contributed by atoms with Gasteiger partial charge < -0.3 is 15.4 Å². The Balaban J connectivity index is 1.64. The lowest BCUT2D eigenvalue weighted by Gasteiger charge is -2.43. The molecule has 0 spiro atoms. The normalized spacial score (nSPS) is 40.6. The number of hydrogen-bond donors (Lipinski definition) is 1. The zero-order chi connectivity index (χ0) is 12.6. The Morgan fingerprint density at radius 2 is 2.00 bits per heavy atom. The van der Waals surface area contributed by atoms with Crippen LogP contribution < -0.4 is 5.73 Å². The molecule has 2 aliphatic heterocycles. The van der Waals surface area contributed by atoms with Gasteiger partial charge in [-0.2, -0.15) is 0 Å². The van der Waals surface area contributed by atoms with Gasteiger partial charge in [-0.1, -0.05) is 19.3 Å². The summed E-state index contributed by atoms with van der Waals surface area (Å²) in [7, 11) is 0. The lowest BCUT2D eigenvalue weighted by Crippen LogP contribution is -2.58. The molecule has 1 amide bonds. The molecule has 2 heterocycles. The van der Waals surface area contributed by atoms with Gasteiger partial charge in [-0.05, 0) is 31.1 Å². The van der Waals surface area contributed by atoms with Crippen LogP contribution in [0.3, 0.4) is 0 Å². The number of carbonyl (C=O) groups excluding carboxylic acids is 1. The minimum absolute atomic E-state index is 0.129. The molecule has 3 unspecified atom stereocenters. The van der Waals surface area contributed by atoms with Crippen molar-refractivity contribution in [3.63, 3.8) is 0 Å². The van der Waals surface area contributed by atoms with Crippen molar-refractivity contribution >= 4 is 5.91 Å². The van der Waals surface area contributed by atoms with Crippen LogP contribution >= 0.6 is 0 Å². The smallest absolute Gasteiger partial charge is 0.245 e. The standard InChI is InChI=1S/C14H24N2O2/c15-14(6-8-18-10-14)13(17)16-7-5-11-3-1-2-4-12(11)9-16/h11-12H,1-10,15H2. The summed E-state index contributed by atoms with van der Waals surface area (Å²) in [4.78, 5) is 14.5. The van der Waals surface area contributed by atoms with Crippen LogP contribution in [0.4, 0.5) is 0 Å². The van der Waals surface area contributed by atoms with E-state index in [2.05, 4.69) is 0 Å². The second kappa shape index (κ2) is 4.82. The average Bonchev–Trinajstić information content (AvgIpc) is 2.85. The van der Waals surface area contributed by atoms with Crippen LogP contribution in [-0.4, -0.2) is 42.6 Å². The monoisotopic (exact) mass is 252 g/mol. The highest BCUT2D eigenvalue weighted by Gasteiger charge is 2.43. The molecule has 0 radical (unpaired) electrons. The molecule has 3 fully saturated rings. The fraction of sp³-hybridized carbons (Fsp3) is 0.929. The fourth-order valence-electron chi connectivity index (χ4n) is 3.85. The van der Waals surface area contributed by atoms with Crippen LogP contribution in [0.1, 0.15) is 38.5 Å². The molecule has 0 aromatic rings. The summed E-state index contributed by atoms with van der Waals surface area (Å²) in [6.07, 6.45) is 7.22. The van der Waals surface area contributed by atoms with Gasteiger partial charge in [0.25, 0.3) is 0 Å². The largest absolute Gasteiger partial charge is 0.379 e. The maximum absolute atomic E-state index is 12.5. The van der Waals surface area contributed by atoms with Crippen LogP contribution in [0.15, 0.2) is 0 Å². The SMILES string of the molecule is NC1(C(=O)N2CCC3CCCCC3C2)CCOC1. The Kier molecular flexibility index (Phi) is 3.32. The lowest BCUT2D eigenvalue weighted by molar-refractivity contribution is -0.140. The molecule has 0 aromatic carbocycles. The first-order chi connectivity index (χ1) is 8.69. The number of fused-ring (bicyclic) bond motifs is 1. The van der Waals surface area contributed by atoms with Gasteiger partial charge in [0.05, 0.1) is 6.61 Å². The van der Waals surface area contributed by atoms with Crippen molar-refractivity contribution in [3.05, 3.63) is 0 Å². The maximum Gasteiger partial charge on any atom is 0.245 e. The first-order valence-electron chi connectivity index (χ1n) is 7.35. The third-order valence-electron chi connectivity index (χ3n) is 5.06. The van der Waals surface area contributed by atoms with E-state index in [4.69, 9.17) is 10.5 Å². The predicted octanol–water partition coefficient (Wildman–Crippen LogP) is 1.14. The van der Waals surface area contributed by atoms with Crippen LogP contribution in [0.25, 0.3) is 0 Å². The van der Waals surface area contributed by atoms with E-state index in [-0.39, 0.29) is 5.91 Å². The van der Waals surface area contributed by atoms with Gasteiger partial charge in [-0.15, -0.1) is 0 Å². The topological polar surface area (TPSA) is 55.6 Å². The van der Waals surface area contributed by atoms with Gasteiger partial charge in [0.15, 0.2) is 0 Å². The second-order valence-electron chi connectivity index (χ2n) is 6.30. The van der Waals surface area contributed by atoms with Gasteiger partial charge in [-0.3, -0.25) is 4.79 Å². The van der Waals surface area contributed by atoms with Crippen LogP contribution in [-0.2, 0) is 9.53 Å². The number of nitrogens with zero attached hydrogens (tertiary/aromatic N) is 1. The quantitative estimate of drug-likeness (QED) is 0.761. The number of piperidine rings is 1. The molecule has 3 rings (SSSR count). The molecule has 1 aliphatic carbocycles. The van der Waals surface area contributed by atoms with Crippen molar-refractivity contribution in [2.45, 2.75) is 44.1 Å². The Bertz CT molecular complexity index is 326. The minimum atomic E-state index is -0.735. The molecule has 1 saturated carbocycles. The number of carbonyl (C=O) groups is 1. The van der Waals surface area contributed by atoms with Crippen molar-refractivity contribution in [1.29, 1.82) is 0 Å². The number of ether oxygens (including phenoxy) is 1. The van der Waals surface area contributed by atoms with Crippen LogP contribution in [0.2, 0.25) is 0 Å². The van der Waals surface area contributed by atoms with E-state index < -0.39 is 5.54 Å². The Hall–Kier alpha value is -0.610. The molecule has 2 saturated heterocycles. The summed E-state index contributed by atoms with van der Waals surface area (Å²) in [5.74, 6) is 1.71. The first kappa shape index (κ1) is 12.4.